The Morgan fingerprint density at radius 2 is 0.750 bits per heavy atom. The summed E-state index contributed by atoms with van der Waals surface area (Å²) in [5.41, 5.74) is 19.5. The van der Waals surface area contributed by atoms with Gasteiger partial charge in [-0.05, 0) is 110 Å². The second-order valence-electron chi connectivity index (χ2n) is 14.4. The van der Waals surface area contributed by atoms with Crippen molar-refractivity contribution in [3.63, 3.8) is 0 Å². The molecule has 0 saturated carbocycles. The van der Waals surface area contributed by atoms with Crippen molar-refractivity contribution in [1.82, 2.24) is 19.9 Å². The lowest BCUT2D eigenvalue weighted by molar-refractivity contribution is -0.111. The zero-order valence-corrected chi connectivity index (χ0v) is 31.4. The van der Waals surface area contributed by atoms with Crippen molar-refractivity contribution in [2.24, 2.45) is 0 Å². The number of hydrogen-bond donors (Lipinski definition) is 3. The number of rotatable bonds is 6. The third-order valence-corrected chi connectivity index (χ3v) is 10.4. The number of carbonyl (C=O) groups excluding carboxylic acids is 1. The van der Waals surface area contributed by atoms with Crippen LogP contribution in [-0.2, 0) is 4.79 Å². The Kier molecular flexibility index (Phi) is 8.71. The number of amides is 1. The summed E-state index contributed by atoms with van der Waals surface area (Å²) < 4.78 is 0. The average molecular weight is 726 g/mol. The van der Waals surface area contributed by atoms with Gasteiger partial charge in [-0.2, -0.15) is 0 Å². The predicted octanol–water partition coefficient (Wildman–Crippen LogP) is 12.4. The van der Waals surface area contributed by atoms with Gasteiger partial charge in [0.05, 0.1) is 22.8 Å². The maximum atomic E-state index is 12.1. The van der Waals surface area contributed by atoms with Crippen molar-refractivity contribution in [1.29, 1.82) is 0 Å². The molecule has 6 heteroatoms. The van der Waals surface area contributed by atoms with Crippen molar-refractivity contribution >= 4 is 58.0 Å². The molecule has 0 atom stereocenters. The van der Waals surface area contributed by atoms with Gasteiger partial charge in [-0.1, -0.05) is 108 Å². The minimum Gasteiger partial charge on any atom is -0.354 e. The summed E-state index contributed by atoms with van der Waals surface area (Å²) >= 11 is 0. The number of H-pyrrole nitrogens is 2. The van der Waals surface area contributed by atoms with E-state index in [-0.39, 0.29) is 5.91 Å². The molecular formula is C50H39N5O. The van der Waals surface area contributed by atoms with E-state index in [1.807, 2.05) is 24.3 Å². The number of nitrogens with zero attached hydrogens (tertiary/aromatic N) is 2. The summed E-state index contributed by atoms with van der Waals surface area (Å²) in [6.07, 6.45) is 9.71. The molecule has 0 unspecified atom stereocenters. The Labute approximate surface area is 325 Å². The van der Waals surface area contributed by atoms with Gasteiger partial charge >= 0.3 is 0 Å². The topological polar surface area (TPSA) is 86.5 Å². The van der Waals surface area contributed by atoms with E-state index in [1.165, 1.54) is 22.8 Å². The van der Waals surface area contributed by atoms with Crippen LogP contribution < -0.4 is 5.32 Å². The second kappa shape index (κ2) is 14.2. The molecule has 0 saturated heterocycles. The molecule has 3 aromatic heterocycles. The number of anilines is 1. The van der Waals surface area contributed by atoms with E-state index in [0.717, 1.165) is 89.4 Å². The summed E-state index contributed by atoms with van der Waals surface area (Å²) in [6.45, 7) is 9.90. The van der Waals surface area contributed by atoms with Crippen LogP contribution in [0.25, 0.3) is 90.9 Å². The van der Waals surface area contributed by atoms with E-state index < -0.39 is 0 Å². The van der Waals surface area contributed by atoms with Gasteiger partial charge in [0.25, 0.3) is 0 Å². The zero-order chi connectivity index (χ0) is 38.3. The molecule has 2 aliphatic rings. The predicted molar refractivity (Wildman–Crippen MR) is 234 cm³/mol. The third-order valence-electron chi connectivity index (χ3n) is 10.4. The van der Waals surface area contributed by atoms with Crippen LogP contribution in [0.1, 0.15) is 39.5 Å². The number of nitrogens with one attached hydrogen (secondary N) is 3. The normalized spacial score (nSPS) is 11.8. The highest BCUT2D eigenvalue weighted by molar-refractivity contribution is 6.01. The molecular weight excluding hydrogens is 687 g/mol. The smallest absolute Gasteiger partial charge is 0.247 e. The van der Waals surface area contributed by atoms with Crippen molar-refractivity contribution in [3.8, 4) is 44.5 Å². The molecule has 0 fully saturated rings. The van der Waals surface area contributed by atoms with Gasteiger partial charge in [-0.25, -0.2) is 9.97 Å². The van der Waals surface area contributed by atoms with E-state index in [4.69, 9.17) is 9.97 Å². The zero-order valence-electron chi connectivity index (χ0n) is 31.4. The second-order valence-corrected chi connectivity index (χ2v) is 14.4. The summed E-state index contributed by atoms with van der Waals surface area (Å²) in [7, 11) is 0. The van der Waals surface area contributed by atoms with Crippen molar-refractivity contribution < 1.29 is 4.79 Å². The first kappa shape index (κ1) is 34.5. The van der Waals surface area contributed by atoms with Gasteiger partial charge < -0.3 is 15.3 Å². The number of aromatic amines is 2. The molecule has 9 rings (SSSR count). The highest BCUT2D eigenvalue weighted by Gasteiger charge is 2.19. The Morgan fingerprint density at radius 1 is 0.464 bits per heavy atom. The van der Waals surface area contributed by atoms with E-state index in [2.05, 4.69) is 164 Å². The number of aromatic nitrogens is 4. The Morgan fingerprint density at radius 3 is 1.04 bits per heavy atom. The van der Waals surface area contributed by atoms with Gasteiger partial charge in [0.15, 0.2) is 0 Å². The standard InChI is InChI=1S/C50H39N5O/c1-5-46(56)51-37-20-18-36(19-21-37)50-44-28-26-42(54-44)48(34-14-8-31(3)9-15-34)40-24-22-38(52-40)47(33-12-6-30(2)7-13-33)39-23-25-41(53-39)49(43-27-29-45(50)55-43)35-16-10-32(4)11-17-35/h5-29,52,55H,1H2,2-4H3,(H,51,56). The van der Waals surface area contributed by atoms with Crippen molar-refractivity contribution in [2.45, 2.75) is 20.8 Å². The lowest BCUT2D eigenvalue weighted by Gasteiger charge is -2.08. The highest BCUT2D eigenvalue weighted by Crippen LogP contribution is 2.38. The van der Waals surface area contributed by atoms with Gasteiger partial charge in [0, 0.05) is 50.0 Å². The van der Waals surface area contributed by atoms with Crippen LogP contribution in [0.3, 0.4) is 0 Å². The fourth-order valence-electron chi connectivity index (χ4n) is 7.49. The Balaban J connectivity index is 1.42. The van der Waals surface area contributed by atoms with E-state index in [9.17, 15) is 4.79 Å². The average Bonchev–Trinajstić information content (AvgIpc) is 4.05. The van der Waals surface area contributed by atoms with Crippen LogP contribution in [0, 0.1) is 20.8 Å². The fourth-order valence-corrected chi connectivity index (χ4v) is 7.49. The maximum Gasteiger partial charge on any atom is 0.247 e. The first-order valence-corrected chi connectivity index (χ1v) is 18.7. The first-order valence-electron chi connectivity index (χ1n) is 18.7. The van der Waals surface area contributed by atoms with Crippen LogP contribution >= 0.6 is 0 Å². The van der Waals surface area contributed by atoms with Gasteiger partial charge in [-0.3, -0.25) is 4.79 Å². The lowest BCUT2D eigenvalue weighted by atomic mass is 10.0. The van der Waals surface area contributed by atoms with Crippen LogP contribution in [0.4, 0.5) is 5.69 Å². The molecule has 0 spiro atoms. The molecule has 2 aliphatic heterocycles. The van der Waals surface area contributed by atoms with Crippen molar-refractivity contribution in [3.05, 3.63) is 173 Å². The molecule has 270 valence electrons. The third kappa shape index (κ3) is 6.48. The van der Waals surface area contributed by atoms with E-state index in [1.54, 1.807) is 0 Å². The molecule has 6 nitrogen and oxygen atoms in total. The first-order chi connectivity index (χ1) is 27.3. The van der Waals surface area contributed by atoms with Crippen LogP contribution in [0.15, 0.2) is 134 Å². The van der Waals surface area contributed by atoms with Gasteiger partial charge in [0.1, 0.15) is 0 Å². The highest BCUT2D eigenvalue weighted by atomic mass is 16.1. The molecule has 3 N–H and O–H groups in total. The summed E-state index contributed by atoms with van der Waals surface area (Å²) in [5, 5.41) is 2.87. The molecule has 0 radical (unpaired) electrons. The number of benzene rings is 4. The molecule has 5 heterocycles. The molecule has 7 aromatic rings. The molecule has 0 aliphatic carbocycles. The lowest BCUT2D eigenvalue weighted by Crippen LogP contribution is -2.06. The molecule has 4 aromatic carbocycles. The van der Waals surface area contributed by atoms with Crippen LogP contribution in [-0.4, -0.2) is 25.8 Å². The van der Waals surface area contributed by atoms with E-state index in [0.29, 0.717) is 5.69 Å². The fraction of sp³-hybridized carbons (Fsp3) is 0.0600. The number of fused-ring (bicyclic) bond motifs is 8. The largest absolute Gasteiger partial charge is 0.354 e. The molecule has 8 bridgehead atoms. The Bertz CT molecular complexity index is 2860. The summed E-state index contributed by atoms with van der Waals surface area (Å²) in [5.74, 6) is -0.259. The van der Waals surface area contributed by atoms with Gasteiger partial charge in [-0.15, -0.1) is 0 Å². The van der Waals surface area contributed by atoms with E-state index >= 15 is 0 Å². The summed E-state index contributed by atoms with van der Waals surface area (Å²) in [4.78, 5) is 30.5. The summed E-state index contributed by atoms with van der Waals surface area (Å²) in [6, 6.07) is 42.2. The molecule has 1 amide bonds. The number of hydrogen-bond acceptors (Lipinski definition) is 3. The quantitative estimate of drug-likeness (QED) is 0.149. The minimum atomic E-state index is -0.259. The molecule has 56 heavy (non-hydrogen) atoms. The van der Waals surface area contributed by atoms with Crippen LogP contribution in [0.2, 0.25) is 0 Å². The maximum absolute atomic E-state index is 12.1. The SMILES string of the molecule is C=CC(=O)Nc1ccc(-c2c3nc(c(-c4ccc(C)cc4)c4ccc([nH]4)c(-c4ccc(C)cc4)c4nc(c(-c5ccc(C)cc5)c5ccc2[nH]5)C=C4)C=C3)cc1. The van der Waals surface area contributed by atoms with Crippen molar-refractivity contribution in [2.75, 3.05) is 5.32 Å². The van der Waals surface area contributed by atoms with Gasteiger partial charge in [0.2, 0.25) is 5.91 Å². The number of carbonyl (C=O) groups is 1. The Hall–Kier alpha value is -7.31. The number of aryl methyl sites for hydroxylation is 3. The monoisotopic (exact) mass is 725 g/mol. The van der Waals surface area contributed by atoms with Crippen LogP contribution in [0.5, 0.6) is 0 Å². The minimum absolute atomic E-state index is 0.259.